The molecular weight excluding hydrogens is 1110 g/mol. The Morgan fingerprint density at radius 3 is 0.780 bits per heavy atom. The van der Waals surface area contributed by atoms with E-state index in [2.05, 4.69) is 43.5 Å². The maximum absolute atomic E-state index is 12.6. The summed E-state index contributed by atoms with van der Waals surface area (Å²) in [6.07, 6.45) is 104. The highest BCUT2D eigenvalue weighted by Gasteiger charge is 2.20. The molecule has 0 saturated heterocycles. The van der Waals surface area contributed by atoms with Gasteiger partial charge in [0.15, 0.2) is 0 Å². The fourth-order valence-corrected chi connectivity index (χ4v) is 13.6. The van der Waals surface area contributed by atoms with E-state index in [4.69, 9.17) is 4.74 Å². The third-order valence-electron chi connectivity index (χ3n) is 20.0. The zero-order chi connectivity index (χ0) is 65.6. The van der Waals surface area contributed by atoms with Crippen LogP contribution >= 0.6 is 0 Å². The number of rotatable bonds is 80. The minimum Gasteiger partial charge on any atom is -0.466 e. The molecule has 0 spiro atoms. The molecule has 2 atom stereocenters. The summed E-state index contributed by atoms with van der Waals surface area (Å²) in [6.45, 7) is 5.01. The molecule has 0 saturated carbocycles. The maximum atomic E-state index is 12.6. The summed E-state index contributed by atoms with van der Waals surface area (Å²) in [5.41, 5.74) is 0. The molecule has 0 aliphatic rings. The first-order valence-corrected chi connectivity index (χ1v) is 42.1. The summed E-state index contributed by atoms with van der Waals surface area (Å²) < 4.78 is 5.51. The Morgan fingerprint density at radius 2 is 0.516 bits per heavy atom. The summed E-state index contributed by atoms with van der Waals surface area (Å²) in [5, 5.41) is 23.5. The number of aliphatic hydroxyl groups is 2. The molecule has 0 bridgehead atoms. The minimum absolute atomic E-state index is 0.0161. The van der Waals surface area contributed by atoms with Crippen molar-refractivity contribution >= 4 is 11.9 Å². The second-order valence-corrected chi connectivity index (χ2v) is 29.2. The average molecular weight is 1280 g/mol. The Bertz CT molecular complexity index is 1430. The van der Waals surface area contributed by atoms with Crippen molar-refractivity contribution in [1.82, 2.24) is 5.32 Å². The molecule has 0 radical (unpaired) electrons. The Balaban J connectivity index is 3.35. The van der Waals surface area contributed by atoms with Crippen LogP contribution in [0.5, 0.6) is 0 Å². The van der Waals surface area contributed by atoms with E-state index >= 15 is 0 Å². The van der Waals surface area contributed by atoms with Crippen LogP contribution in [-0.4, -0.2) is 47.4 Å². The lowest BCUT2D eigenvalue weighted by molar-refractivity contribution is -0.143. The normalized spacial score (nSPS) is 12.5. The quantitative estimate of drug-likeness (QED) is 0.0320. The lowest BCUT2D eigenvalue weighted by Crippen LogP contribution is -2.45. The van der Waals surface area contributed by atoms with Crippen molar-refractivity contribution in [3.63, 3.8) is 0 Å². The molecular formula is C85H165NO5. The topological polar surface area (TPSA) is 95.9 Å². The number of amides is 1. The second-order valence-electron chi connectivity index (χ2n) is 29.2. The fourth-order valence-electron chi connectivity index (χ4n) is 13.6. The molecule has 540 valence electrons. The van der Waals surface area contributed by atoms with E-state index in [0.717, 1.165) is 44.9 Å². The van der Waals surface area contributed by atoms with E-state index in [1.165, 1.54) is 405 Å². The number of nitrogens with one attached hydrogen (secondary N) is 1. The van der Waals surface area contributed by atoms with Crippen LogP contribution in [0.4, 0.5) is 0 Å². The van der Waals surface area contributed by atoms with Gasteiger partial charge >= 0.3 is 5.97 Å². The lowest BCUT2D eigenvalue weighted by atomic mass is 10.0. The van der Waals surface area contributed by atoms with Gasteiger partial charge in [-0.25, -0.2) is 0 Å². The van der Waals surface area contributed by atoms with Crippen LogP contribution in [0.25, 0.3) is 0 Å². The molecule has 0 aromatic rings. The van der Waals surface area contributed by atoms with Crippen LogP contribution in [0.15, 0.2) is 24.3 Å². The molecule has 3 N–H and O–H groups in total. The van der Waals surface area contributed by atoms with E-state index in [9.17, 15) is 19.8 Å². The van der Waals surface area contributed by atoms with Crippen LogP contribution < -0.4 is 5.32 Å². The Kier molecular flexibility index (Phi) is 79.3. The fraction of sp³-hybridized carbons (Fsp3) is 0.929. The van der Waals surface area contributed by atoms with Crippen LogP contribution in [0.1, 0.15) is 483 Å². The van der Waals surface area contributed by atoms with Crippen LogP contribution in [-0.2, 0) is 14.3 Å². The molecule has 0 aliphatic heterocycles. The van der Waals surface area contributed by atoms with Gasteiger partial charge in [0.25, 0.3) is 0 Å². The van der Waals surface area contributed by atoms with Crippen molar-refractivity contribution < 1.29 is 24.5 Å². The third kappa shape index (κ3) is 77.2. The first-order chi connectivity index (χ1) is 45.0. The molecule has 6 heteroatoms. The van der Waals surface area contributed by atoms with Crippen LogP contribution in [0, 0.1) is 0 Å². The summed E-state index contributed by atoms with van der Waals surface area (Å²) in [7, 11) is 0. The van der Waals surface area contributed by atoms with Crippen molar-refractivity contribution in [1.29, 1.82) is 0 Å². The van der Waals surface area contributed by atoms with Gasteiger partial charge in [-0.05, 0) is 77.0 Å². The number of unbranched alkanes of at least 4 members (excludes halogenated alkanes) is 65. The maximum Gasteiger partial charge on any atom is 0.305 e. The highest BCUT2D eigenvalue weighted by molar-refractivity contribution is 5.76. The number of hydrogen-bond donors (Lipinski definition) is 3. The molecule has 0 fully saturated rings. The minimum atomic E-state index is -0.665. The standard InChI is InChI=1S/C85H165NO5/c1-3-5-7-9-11-13-15-17-19-21-23-24-25-33-36-39-42-45-49-53-57-61-65-69-73-77-83(88)82(81-87)86-84(89)78-74-70-66-62-58-54-50-46-43-40-37-34-31-29-27-26-28-30-32-35-38-41-44-48-52-56-60-64-68-72-76-80-91-85(90)79-75-71-67-63-59-55-51-47-22-20-18-16-14-12-10-8-6-4-2/h20,22,28,30,82-83,87-88H,3-19,21,23-27,29,31-81H2,1-2H3,(H,86,89)/b22-20-,30-28-. The predicted octanol–water partition coefficient (Wildman–Crippen LogP) is 28.0. The number of esters is 1. The highest BCUT2D eigenvalue weighted by Crippen LogP contribution is 2.20. The van der Waals surface area contributed by atoms with Crippen molar-refractivity contribution in [3.05, 3.63) is 24.3 Å². The number of allylic oxidation sites excluding steroid dienone is 4. The van der Waals surface area contributed by atoms with Gasteiger partial charge in [0.05, 0.1) is 25.4 Å². The van der Waals surface area contributed by atoms with Crippen molar-refractivity contribution in [2.24, 2.45) is 0 Å². The van der Waals surface area contributed by atoms with Gasteiger partial charge in [-0.2, -0.15) is 0 Å². The molecule has 0 rings (SSSR count). The first-order valence-electron chi connectivity index (χ1n) is 42.1. The van der Waals surface area contributed by atoms with Crippen molar-refractivity contribution in [3.8, 4) is 0 Å². The predicted molar refractivity (Wildman–Crippen MR) is 403 cm³/mol. The number of carbonyl (C=O) groups excluding carboxylic acids is 2. The number of ether oxygens (including phenoxy) is 1. The summed E-state index contributed by atoms with van der Waals surface area (Å²) in [5.74, 6) is -0.0106. The molecule has 91 heavy (non-hydrogen) atoms. The van der Waals surface area contributed by atoms with Crippen LogP contribution in [0.2, 0.25) is 0 Å². The van der Waals surface area contributed by atoms with Crippen molar-refractivity contribution in [2.45, 2.75) is 495 Å². The summed E-state index contributed by atoms with van der Waals surface area (Å²) in [4.78, 5) is 24.7. The van der Waals surface area contributed by atoms with Crippen molar-refractivity contribution in [2.75, 3.05) is 13.2 Å². The summed E-state index contributed by atoms with van der Waals surface area (Å²) in [6, 6.07) is -0.542. The van der Waals surface area contributed by atoms with Gasteiger partial charge < -0.3 is 20.3 Å². The molecule has 2 unspecified atom stereocenters. The van der Waals surface area contributed by atoms with Gasteiger partial charge in [-0.15, -0.1) is 0 Å². The average Bonchev–Trinajstić information content (AvgIpc) is 3.65. The van der Waals surface area contributed by atoms with Gasteiger partial charge in [0.2, 0.25) is 5.91 Å². The molecule has 0 aliphatic carbocycles. The van der Waals surface area contributed by atoms with Gasteiger partial charge in [-0.1, -0.05) is 417 Å². The first kappa shape index (κ1) is 89.3. The van der Waals surface area contributed by atoms with Crippen LogP contribution in [0.3, 0.4) is 0 Å². The third-order valence-corrected chi connectivity index (χ3v) is 20.0. The zero-order valence-corrected chi connectivity index (χ0v) is 62.1. The summed E-state index contributed by atoms with van der Waals surface area (Å²) >= 11 is 0. The van der Waals surface area contributed by atoms with E-state index < -0.39 is 12.1 Å². The Labute approximate surface area is 571 Å². The van der Waals surface area contributed by atoms with Gasteiger partial charge in [-0.3, -0.25) is 9.59 Å². The molecule has 0 aromatic heterocycles. The van der Waals surface area contributed by atoms with E-state index in [0.29, 0.717) is 25.9 Å². The highest BCUT2D eigenvalue weighted by atomic mass is 16.5. The van der Waals surface area contributed by atoms with E-state index in [1.54, 1.807) is 0 Å². The Hall–Kier alpha value is -1.66. The monoisotopic (exact) mass is 1280 g/mol. The number of aliphatic hydroxyl groups excluding tert-OH is 2. The number of hydrogen-bond acceptors (Lipinski definition) is 5. The molecule has 1 amide bonds. The molecule has 0 heterocycles. The SMILES string of the molecule is CCCCCCCCC/C=C\CCCCCCCCCC(=O)OCCCCCCCCCCCCCC/C=C\CCCCCCCCCCCCCCCCCC(=O)NC(CO)C(O)CCCCCCCCCCCCCCCCCCCCCCCCCCC. The lowest BCUT2D eigenvalue weighted by Gasteiger charge is -2.22. The largest absolute Gasteiger partial charge is 0.466 e. The number of carbonyl (C=O) groups is 2. The smallest absolute Gasteiger partial charge is 0.305 e. The second kappa shape index (κ2) is 80.8. The zero-order valence-electron chi connectivity index (χ0n) is 62.1. The Morgan fingerprint density at radius 1 is 0.297 bits per heavy atom. The molecule has 0 aromatic carbocycles. The van der Waals surface area contributed by atoms with Gasteiger partial charge in [0, 0.05) is 12.8 Å². The molecule has 6 nitrogen and oxygen atoms in total. The van der Waals surface area contributed by atoms with E-state index in [-0.39, 0.29) is 18.5 Å². The van der Waals surface area contributed by atoms with Gasteiger partial charge in [0.1, 0.15) is 0 Å². The van der Waals surface area contributed by atoms with E-state index in [1.807, 2.05) is 0 Å².